The monoisotopic (exact) mass is 446 g/mol. The molecule has 1 aromatic heterocycles. The van der Waals surface area contributed by atoms with Gasteiger partial charge in [0, 0.05) is 43.5 Å². The van der Waals surface area contributed by atoms with Crippen molar-refractivity contribution in [1.29, 1.82) is 0 Å². The molecule has 33 heavy (non-hydrogen) atoms. The third-order valence-electron chi connectivity index (χ3n) is 5.77. The molecule has 7 heteroatoms. The van der Waals surface area contributed by atoms with E-state index in [-0.39, 0.29) is 11.8 Å². The molecule has 1 aliphatic heterocycles. The van der Waals surface area contributed by atoms with E-state index in [2.05, 4.69) is 20.2 Å². The van der Waals surface area contributed by atoms with E-state index in [1.807, 2.05) is 62.4 Å². The molecule has 0 radical (unpaired) electrons. The number of hydrogen-bond acceptors (Lipinski definition) is 6. The first-order valence-electron chi connectivity index (χ1n) is 11.4. The SMILES string of the molecule is CCOc1ccccc1CNC(=O)C1CCN(c2nccnc2Oc2ccc(C)cc2)CC1. The zero-order chi connectivity index (χ0) is 23.0. The number of rotatable bonds is 8. The Morgan fingerprint density at radius 2 is 1.79 bits per heavy atom. The first kappa shape index (κ1) is 22.6. The predicted molar refractivity (Wildman–Crippen MR) is 128 cm³/mol. The van der Waals surface area contributed by atoms with Gasteiger partial charge in [-0.3, -0.25) is 4.79 Å². The lowest BCUT2D eigenvalue weighted by molar-refractivity contribution is -0.125. The maximum absolute atomic E-state index is 12.8. The first-order chi connectivity index (χ1) is 16.1. The molecule has 2 aromatic carbocycles. The van der Waals surface area contributed by atoms with Gasteiger partial charge in [0.2, 0.25) is 5.91 Å². The Kier molecular flexibility index (Phi) is 7.40. The van der Waals surface area contributed by atoms with Crippen molar-refractivity contribution in [2.75, 3.05) is 24.6 Å². The molecule has 2 heterocycles. The number of nitrogens with one attached hydrogen (secondary N) is 1. The topological polar surface area (TPSA) is 76.6 Å². The van der Waals surface area contributed by atoms with Gasteiger partial charge in [0.1, 0.15) is 11.5 Å². The number of para-hydroxylation sites is 1. The lowest BCUT2D eigenvalue weighted by Gasteiger charge is -2.32. The van der Waals surface area contributed by atoms with Crippen LogP contribution in [0.15, 0.2) is 60.9 Å². The molecule has 172 valence electrons. The number of aryl methyl sites for hydroxylation is 1. The number of ether oxygens (including phenoxy) is 2. The summed E-state index contributed by atoms with van der Waals surface area (Å²) in [5.74, 6) is 2.79. The Morgan fingerprint density at radius 3 is 2.55 bits per heavy atom. The van der Waals surface area contributed by atoms with E-state index in [0.717, 1.165) is 43.0 Å². The van der Waals surface area contributed by atoms with E-state index in [9.17, 15) is 4.79 Å². The van der Waals surface area contributed by atoms with Crippen LogP contribution in [0.1, 0.15) is 30.9 Å². The van der Waals surface area contributed by atoms with Crippen LogP contribution in [0.5, 0.6) is 17.4 Å². The zero-order valence-electron chi connectivity index (χ0n) is 19.2. The van der Waals surface area contributed by atoms with Crippen molar-refractivity contribution in [3.05, 3.63) is 72.1 Å². The number of carbonyl (C=O) groups is 1. The number of nitrogens with zero attached hydrogens (tertiary/aromatic N) is 3. The third kappa shape index (κ3) is 5.80. The van der Waals surface area contributed by atoms with Gasteiger partial charge >= 0.3 is 0 Å². The van der Waals surface area contributed by atoms with Crippen LogP contribution in [0.25, 0.3) is 0 Å². The van der Waals surface area contributed by atoms with Crippen LogP contribution in [0, 0.1) is 12.8 Å². The quantitative estimate of drug-likeness (QED) is 0.549. The number of carbonyl (C=O) groups excluding carboxylic acids is 1. The normalized spacial score (nSPS) is 14.1. The molecule has 0 spiro atoms. The fraction of sp³-hybridized carbons (Fsp3) is 0.346. The minimum atomic E-state index is -0.0290. The van der Waals surface area contributed by atoms with Gasteiger partial charge in [-0.15, -0.1) is 0 Å². The highest BCUT2D eigenvalue weighted by Crippen LogP contribution is 2.31. The molecule has 0 atom stereocenters. The molecule has 0 saturated carbocycles. The molecule has 0 unspecified atom stereocenters. The molecule has 1 aliphatic rings. The second-order valence-corrected chi connectivity index (χ2v) is 8.12. The molecule has 0 aliphatic carbocycles. The smallest absolute Gasteiger partial charge is 0.263 e. The van der Waals surface area contributed by atoms with Crippen LogP contribution in [0.4, 0.5) is 5.82 Å². The second-order valence-electron chi connectivity index (χ2n) is 8.12. The van der Waals surface area contributed by atoms with E-state index >= 15 is 0 Å². The molecular weight excluding hydrogens is 416 g/mol. The van der Waals surface area contributed by atoms with Gasteiger partial charge in [0.25, 0.3) is 5.88 Å². The van der Waals surface area contributed by atoms with E-state index in [0.29, 0.717) is 24.8 Å². The largest absolute Gasteiger partial charge is 0.494 e. The van der Waals surface area contributed by atoms with Crippen LogP contribution in [-0.2, 0) is 11.3 Å². The molecule has 0 bridgehead atoms. The van der Waals surface area contributed by atoms with Crippen LogP contribution < -0.4 is 19.7 Å². The number of aromatic nitrogens is 2. The first-order valence-corrected chi connectivity index (χ1v) is 11.4. The van der Waals surface area contributed by atoms with Crippen LogP contribution >= 0.6 is 0 Å². The maximum atomic E-state index is 12.8. The minimum Gasteiger partial charge on any atom is -0.494 e. The number of amides is 1. The summed E-state index contributed by atoms with van der Waals surface area (Å²) in [5, 5.41) is 3.08. The average Bonchev–Trinajstić information content (AvgIpc) is 2.85. The Morgan fingerprint density at radius 1 is 1.06 bits per heavy atom. The summed E-state index contributed by atoms with van der Waals surface area (Å²) in [6.07, 6.45) is 4.80. The maximum Gasteiger partial charge on any atom is 0.263 e. The standard InChI is InChI=1S/C26H30N4O3/c1-3-32-23-7-5-4-6-21(23)18-29-25(31)20-12-16-30(17-13-20)24-26(28-15-14-27-24)33-22-10-8-19(2)9-11-22/h4-11,14-15,20H,3,12-13,16-18H2,1-2H3,(H,29,31). The van der Waals surface area contributed by atoms with Crippen molar-refractivity contribution in [2.24, 2.45) is 5.92 Å². The fourth-order valence-electron chi connectivity index (χ4n) is 3.95. The van der Waals surface area contributed by atoms with Crippen molar-refractivity contribution in [3.63, 3.8) is 0 Å². The Bertz CT molecular complexity index is 1060. The fourth-order valence-corrected chi connectivity index (χ4v) is 3.95. The minimum absolute atomic E-state index is 0.0290. The van der Waals surface area contributed by atoms with Crippen molar-refractivity contribution in [1.82, 2.24) is 15.3 Å². The average molecular weight is 447 g/mol. The summed E-state index contributed by atoms with van der Waals surface area (Å²) in [7, 11) is 0. The highest BCUT2D eigenvalue weighted by molar-refractivity contribution is 5.79. The number of anilines is 1. The molecule has 1 saturated heterocycles. The van der Waals surface area contributed by atoms with Gasteiger partial charge in [-0.05, 0) is 44.9 Å². The van der Waals surface area contributed by atoms with Gasteiger partial charge in [0.15, 0.2) is 5.82 Å². The highest BCUT2D eigenvalue weighted by Gasteiger charge is 2.27. The summed E-state index contributed by atoms with van der Waals surface area (Å²) in [6, 6.07) is 15.7. The molecule has 3 aromatic rings. The van der Waals surface area contributed by atoms with Gasteiger partial charge in [-0.2, -0.15) is 0 Å². The van der Waals surface area contributed by atoms with Crippen LogP contribution in [-0.4, -0.2) is 35.6 Å². The van der Waals surface area contributed by atoms with Crippen molar-refractivity contribution < 1.29 is 14.3 Å². The molecule has 1 amide bonds. The molecule has 4 rings (SSSR count). The van der Waals surface area contributed by atoms with Crippen LogP contribution in [0.2, 0.25) is 0 Å². The number of piperidine rings is 1. The summed E-state index contributed by atoms with van der Waals surface area (Å²) in [6.45, 7) is 6.50. The van der Waals surface area contributed by atoms with Gasteiger partial charge < -0.3 is 19.7 Å². The number of hydrogen-bond donors (Lipinski definition) is 1. The summed E-state index contributed by atoms with van der Waals surface area (Å²) >= 11 is 0. The van der Waals surface area contributed by atoms with E-state index in [1.165, 1.54) is 5.56 Å². The van der Waals surface area contributed by atoms with E-state index in [4.69, 9.17) is 9.47 Å². The summed E-state index contributed by atoms with van der Waals surface area (Å²) in [5.41, 5.74) is 2.16. The Hall–Kier alpha value is -3.61. The van der Waals surface area contributed by atoms with Crippen molar-refractivity contribution in [2.45, 2.75) is 33.2 Å². The zero-order valence-corrected chi connectivity index (χ0v) is 19.2. The lowest BCUT2D eigenvalue weighted by atomic mass is 9.96. The van der Waals surface area contributed by atoms with Gasteiger partial charge in [-0.1, -0.05) is 35.9 Å². The van der Waals surface area contributed by atoms with E-state index < -0.39 is 0 Å². The van der Waals surface area contributed by atoms with Crippen LogP contribution in [0.3, 0.4) is 0 Å². The lowest BCUT2D eigenvalue weighted by Crippen LogP contribution is -2.40. The Balaban J connectivity index is 1.34. The predicted octanol–water partition coefficient (Wildman–Crippen LogP) is 4.51. The second kappa shape index (κ2) is 10.8. The molecular formula is C26H30N4O3. The summed E-state index contributed by atoms with van der Waals surface area (Å²) < 4.78 is 11.7. The van der Waals surface area contributed by atoms with Crippen molar-refractivity contribution >= 4 is 11.7 Å². The van der Waals surface area contributed by atoms with E-state index in [1.54, 1.807) is 12.4 Å². The van der Waals surface area contributed by atoms with Gasteiger partial charge in [0.05, 0.1) is 6.61 Å². The number of benzene rings is 2. The highest BCUT2D eigenvalue weighted by atomic mass is 16.5. The third-order valence-corrected chi connectivity index (χ3v) is 5.77. The molecule has 1 fully saturated rings. The van der Waals surface area contributed by atoms with Crippen molar-refractivity contribution in [3.8, 4) is 17.4 Å². The summed E-state index contributed by atoms with van der Waals surface area (Å²) in [4.78, 5) is 23.8. The Labute approximate surface area is 194 Å². The molecule has 7 nitrogen and oxygen atoms in total. The van der Waals surface area contributed by atoms with Gasteiger partial charge in [-0.25, -0.2) is 9.97 Å². The molecule has 1 N–H and O–H groups in total.